The fourth-order valence-electron chi connectivity index (χ4n) is 0.875. The summed E-state index contributed by atoms with van der Waals surface area (Å²) in [6, 6.07) is -0.00699. The summed E-state index contributed by atoms with van der Waals surface area (Å²) in [5.41, 5.74) is 6.67. The fourth-order valence-corrected chi connectivity index (χ4v) is 0.875. The Morgan fingerprint density at radius 1 is 1.55 bits per heavy atom. The van der Waals surface area contributed by atoms with E-state index in [-0.39, 0.29) is 6.04 Å². The van der Waals surface area contributed by atoms with Gasteiger partial charge in [-0.05, 0) is 5.92 Å². The van der Waals surface area contributed by atoms with E-state index in [9.17, 15) is 0 Å². The first-order chi connectivity index (χ1) is 5.11. The monoisotopic (exact) mass is 154 g/mol. The maximum absolute atomic E-state index is 5.83. The molecule has 0 unspecified atom stereocenters. The summed E-state index contributed by atoms with van der Waals surface area (Å²) in [6.45, 7) is 5.94. The van der Waals surface area contributed by atoms with Crippen LogP contribution in [0, 0.1) is 12.8 Å². The Balaban J connectivity index is 2.76. The van der Waals surface area contributed by atoms with Crippen LogP contribution in [-0.4, -0.2) is 4.98 Å². The summed E-state index contributed by atoms with van der Waals surface area (Å²) < 4.78 is 5.04. The van der Waals surface area contributed by atoms with E-state index >= 15 is 0 Å². The molecule has 0 radical (unpaired) electrons. The maximum Gasteiger partial charge on any atom is 0.191 e. The van der Waals surface area contributed by atoms with Gasteiger partial charge in [-0.2, -0.15) is 0 Å². The van der Waals surface area contributed by atoms with E-state index in [1.165, 1.54) is 0 Å². The van der Waals surface area contributed by atoms with Crippen LogP contribution >= 0.6 is 0 Å². The normalized spacial score (nSPS) is 13.9. The molecule has 1 heterocycles. The fraction of sp³-hybridized carbons (Fsp3) is 0.625. The van der Waals surface area contributed by atoms with Gasteiger partial charge in [-0.1, -0.05) is 13.8 Å². The van der Waals surface area contributed by atoms with Gasteiger partial charge in [0.2, 0.25) is 0 Å². The smallest absolute Gasteiger partial charge is 0.191 e. The molecule has 0 aliphatic rings. The van der Waals surface area contributed by atoms with Crippen molar-refractivity contribution in [2.24, 2.45) is 11.7 Å². The zero-order valence-corrected chi connectivity index (χ0v) is 7.16. The van der Waals surface area contributed by atoms with E-state index < -0.39 is 0 Å². The molecule has 0 saturated carbocycles. The molecule has 11 heavy (non-hydrogen) atoms. The van der Waals surface area contributed by atoms with Crippen molar-refractivity contribution in [1.82, 2.24) is 4.98 Å². The topological polar surface area (TPSA) is 52.0 Å². The van der Waals surface area contributed by atoms with E-state index in [0.717, 1.165) is 5.69 Å². The predicted molar refractivity (Wildman–Crippen MR) is 43.0 cm³/mol. The largest absolute Gasteiger partial charge is 0.449 e. The minimum Gasteiger partial charge on any atom is -0.449 e. The predicted octanol–water partition coefficient (Wildman–Crippen LogP) is 1.64. The Morgan fingerprint density at radius 2 is 2.18 bits per heavy atom. The van der Waals surface area contributed by atoms with Gasteiger partial charge in [0.15, 0.2) is 5.89 Å². The van der Waals surface area contributed by atoms with Gasteiger partial charge < -0.3 is 10.2 Å². The minimum atomic E-state index is -0.00699. The summed E-state index contributed by atoms with van der Waals surface area (Å²) in [7, 11) is 0. The Morgan fingerprint density at radius 3 is 2.55 bits per heavy atom. The lowest BCUT2D eigenvalue weighted by Crippen LogP contribution is -2.16. The molecule has 0 amide bonds. The third-order valence-corrected chi connectivity index (χ3v) is 1.70. The van der Waals surface area contributed by atoms with Crippen LogP contribution in [0.1, 0.15) is 31.5 Å². The van der Waals surface area contributed by atoms with Crippen LogP contribution in [0.2, 0.25) is 0 Å². The van der Waals surface area contributed by atoms with Crippen LogP contribution < -0.4 is 5.73 Å². The van der Waals surface area contributed by atoms with Gasteiger partial charge in [0.1, 0.15) is 6.26 Å². The zero-order valence-electron chi connectivity index (χ0n) is 7.16. The highest BCUT2D eigenvalue weighted by Gasteiger charge is 2.13. The molecule has 0 bridgehead atoms. The average molecular weight is 154 g/mol. The molecule has 1 aromatic heterocycles. The first kappa shape index (κ1) is 8.27. The summed E-state index contributed by atoms with van der Waals surface area (Å²) in [5, 5.41) is 0. The highest BCUT2D eigenvalue weighted by Crippen LogP contribution is 2.17. The number of hydrogen-bond acceptors (Lipinski definition) is 3. The molecule has 1 aromatic rings. The van der Waals surface area contributed by atoms with Crippen LogP contribution in [0.25, 0.3) is 0 Å². The Labute approximate surface area is 66.6 Å². The molecule has 0 aliphatic heterocycles. The first-order valence-electron chi connectivity index (χ1n) is 3.79. The number of nitrogens with two attached hydrogens (primary N) is 1. The van der Waals surface area contributed by atoms with Crippen molar-refractivity contribution in [3.8, 4) is 0 Å². The first-order valence-corrected chi connectivity index (χ1v) is 3.79. The lowest BCUT2D eigenvalue weighted by molar-refractivity contribution is 0.494. The summed E-state index contributed by atoms with van der Waals surface area (Å²) in [5.74, 6) is 1.08. The highest BCUT2D eigenvalue weighted by atomic mass is 16.3. The van der Waals surface area contributed by atoms with Crippen LogP contribution in [0.4, 0.5) is 0 Å². The Hall–Kier alpha value is -0.830. The second-order valence-electron chi connectivity index (χ2n) is 3.06. The van der Waals surface area contributed by atoms with Gasteiger partial charge in [0, 0.05) is 6.92 Å². The molecule has 1 rings (SSSR count). The van der Waals surface area contributed by atoms with E-state index in [4.69, 9.17) is 10.2 Å². The molecule has 0 fully saturated rings. The highest BCUT2D eigenvalue weighted by molar-refractivity contribution is 5.02. The van der Waals surface area contributed by atoms with Gasteiger partial charge in [0.05, 0.1) is 11.7 Å². The lowest BCUT2D eigenvalue weighted by Gasteiger charge is -2.10. The maximum atomic E-state index is 5.83. The molecule has 0 aromatic carbocycles. The molecule has 3 nitrogen and oxygen atoms in total. The van der Waals surface area contributed by atoms with E-state index in [0.29, 0.717) is 11.8 Å². The van der Waals surface area contributed by atoms with Gasteiger partial charge in [0.25, 0.3) is 0 Å². The van der Waals surface area contributed by atoms with Crippen LogP contribution in [0.3, 0.4) is 0 Å². The van der Waals surface area contributed by atoms with Crippen molar-refractivity contribution in [3.63, 3.8) is 0 Å². The van der Waals surface area contributed by atoms with Gasteiger partial charge in [-0.25, -0.2) is 4.98 Å². The van der Waals surface area contributed by atoms with Crippen LogP contribution in [-0.2, 0) is 0 Å². The minimum absolute atomic E-state index is 0.00699. The molecular weight excluding hydrogens is 140 g/mol. The number of aromatic nitrogens is 1. The Kier molecular flexibility index (Phi) is 2.29. The quantitative estimate of drug-likeness (QED) is 0.704. The number of oxazole rings is 1. The van der Waals surface area contributed by atoms with E-state index in [1.807, 2.05) is 6.92 Å². The molecule has 0 spiro atoms. The SMILES string of the molecule is Cc1nc([C@@H](N)C(C)C)co1. The summed E-state index contributed by atoms with van der Waals surface area (Å²) in [6.07, 6.45) is 1.62. The lowest BCUT2D eigenvalue weighted by atomic mass is 10.0. The number of aryl methyl sites for hydroxylation is 1. The van der Waals surface area contributed by atoms with Crippen LogP contribution in [0.15, 0.2) is 10.7 Å². The molecule has 62 valence electrons. The number of nitrogens with zero attached hydrogens (tertiary/aromatic N) is 1. The number of hydrogen-bond donors (Lipinski definition) is 1. The second-order valence-corrected chi connectivity index (χ2v) is 3.06. The summed E-state index contributed by atoms with van der Waals surface area (Å²) >= 11 is 0. The Bertz CT molecular complexity index is 230. The van der Waals surface area contributed by atoms with E-state index in [2.05, 4.69) is 18.8 Å². The van der Waals surface area contributed by atoms with Gasteiger partial charge >= 0.3 is 0 Å². The van der Waals surface area contributed by atoms with Gasteiger partial charge in [-0.3, -0.25) is 0 Å². The standard InChI is InChI=1S/C8H14N2O/c1-5(2)8(9)7-4-11-6(3)10-7/h4-5,8H,9H2,1-3H3/t8-/m0/s1. The second kappa shape index (κ2) is 3.05. The van der Waals surface area contributed by atoms with E-state index in [1.54, 1.807) is 6.26 Å². The van der Waals surface area contributed by atoms with Crippen molar-refractivity contribution >= 4 is 0 Å². The average Bonchev–Trinajstić information content (AvgIpc) is 2.34. The molecule has 3 heteroatoms. The third-order valence-electron chi connectivity index (χ3n) is 1.70. The van der Waals surface area contributed by atoms with Crippen molar-refractivity contribution in [3.05, 3.63) is 17.8 Å². The molecule has 0 saturated heterocycles. The molecule has 2 N–H and O–H groups in total. The summed E-state index contributed by atoms with van der Waals surface area (Å²) in [4.78, 5) is 4.14. The van der Waals surface area contributed by atoms with Gasteiger partial charge in [-0.15, -0.1) is 0 Å². The van der Waals surface area contributed by atoms with Crippen molar-refractivity contribution < 1.29 is 4.42 Å². The molecule has 1 atom stereocenters. The van der Waals surface area contributed by atoms with Crippen molar-refractivity contribution in [2.45, 2.75) is 26.8 Å². The zero-order chi connectivity index (χ0) is 8.43. The third kappa shape index (κ3) is 1.80. The van der Waals surface area contributed by atoms with Crippen molar-refractivity contribution in [1.29, 1.82) is 0 Å². The molecule has 0 aliphatic carbocycles. The molecular formula is C8H14N2O. The van der Waals surface area contributed by atoms with Crippen LogP contribution in [0.5, 0.6) is 0 Å². The van der Waals surface area contributed by atoms with Crippen molar-refractivity contribution in [2.75, 3.05) is 0 Å². The number of rotatable bonds is 2.